The average Bonchev–Trinajstić information content (AvgIpc) is 2.39. The number of benzene rings is 1. The number of hydrogen-bond acceptors (Lipinski definition) is 3. The van der Waals surface area contributed by atoms with Crippen molar-refractivity contribution in [2.75, 3.05) is 26.7 Å². The SMILES string of the molecule is CN(CCCOc1cccc(C(=O)O)c1)CC1CCC1. The summed E-state index contributed by atoms with van der Waals surface area (Å²) in [6.45, 7) is 2.84. The monoisotopic (exact) mass is 277 g/mol. The van der Waals surface area contributed by atoms with Gasteiger partial charge in [0.25, 0.3) is 0 Å². The first kappa shape index (κ1) is 14.9. The minimum absolute atomic E-state index is 0.268. The van der Waals surface area contributed by atoms with Crippen molar-refractivity contribution in [1.29, 1.82) is 0 Å². The molecular weight excluding hydrogens is 254 g/mol. The Hall–Kier alpha value is -1.55. The van der Waals surface area contributed by atoms with Gasteiger partial charge >= 0.3 is 5.97 Å². The molecule has 1 saturated carbocycles. The lowest BCUT2D eigenvalue weighted by molar-refractivity contribution is 0.0696. The van der Waals surface area contributed by atoms with E-state index < -0.39 is 5.97 Å². The fourth-order valence-corrected chi connectivity index (χ4v) is 2.45. The predicted octanol–water partition coefficient (Wildman–Crippen LogP) is 2.89. The van der Waals surface area contributed by atoms with Crippen LogP contribution in [0.3, 0.4) is 0 Å². The summed E-state index contributed by atoms with van der Waals surface area (Å²) < 4.78 is 5.60. The Balaban J connectivity index is 1.64. The number of nitrogens with zero attached hydrogens (tertiary/aromatic N) is 1. The molecule has 110 valence electrons. The van der Waals surface area contributed by atoms with Crippen LogP contribution in [0.15, 0.2) is 24.3 Å². The van der Waals surface area contributed by atoms with Gasteiger partial charge in [-0.3, -0.25) is 0 Å². The summed E-state index contributed by atoms with van der Waals surface area (Å²) in [4.78, 5) is 13.2. The van der Waals surface area contributed by atoms with Crippen LogP contribution >= 0.6 is 0 Å². The van der Waals surface area contributed by atoms with Crippen LogP contribution in [-0.4, -0.2) is 42.7 Å². The molecule has 0 aromatic heterocycles. The molecule has 4 heteroatoms. The number of carbonyl (C=O) groups is 1. The second-order valence-electron chi connectivity index (χ2n) is 5.59. The van der Waals surface area contributed by atoms with Gasteiger partial charge in [0, 0.05) is 13.1 Å². The van der Waals surface area contributed by atoms with Gasteiger partial charge in [0.2, 0.25) is 0 Å². The van der Waals surface area contributed by atoms with Gasteiger partial charge in [-0.05, 0) is 50.4 Å². The van der Waals surface area contributed by atoms with Gasteiger partial charge in [0.15, 0.2) is 0 Å². The van der Waals surface area contributed by atoms with E-state index in [1.165, 1.54) is 25.8 Å². The first-order valence-corrected chi connectivity index (χ1v) is 7.30. The van der Waals surface area contributed by atoms with Gasteiger partial charge in [-0.2, -0.15) is 0 Å². The third-order valence-electron chi connectivity index (χ3n) is 3.83. The van der Waals surface area contributed by atoms with E-state index in [1.807, 2.05) is 0 Å². The Kier molecular flexibility index (Phi) is 5.41. The Labute approximate surface area is 120 Å². The van der Waals surface area contributed by atoms with Crippen LogP contribution in [0.4, 0.5) is 0 Å². The lowest BCUT2D eigenvalue weighted by Crippen LogP contribution is -2.30. The summed E-state index contributed by atoms with van der Waals surface area (Å²) in [6.07, 6.45) is 5.10. The zero-order chi connectivity index (χ0) is 14.4. The lowest BCUT2D eigenvalue weighted by Gasteiger charge is -2.30. The highest BCUT2D eigenvalue weighted by Gasteiger charge is 2.18. The number of rotatable bonds is 8. The van der Waals surface area contributed by atoms with E-state index in [1.54, 1.807) is 24.3 Å². The minimum Gasteiger partial charge on any atom is -0.494 e. The summed E-state index contributed by atoms with van der Waals surface area (Å²) in [5.41, 5.74) is 0.268. The van der Waals surface area contributed by atoms with Gasteiger partial charge < -0.3 is 14.7 Å². The van der Waals surface area contributed by atoms with Crippen LogP contribution in [0.1, 0.15) is 36.0 Å². The van der Waals surface area contributed by atoms with Crippen LogP contribution in [0.2, 0.25) is 0 Å². The molecule has 1 fully saturated rings. The highest BCUT2D eigenvalue weighted by atomic mass is 16.5. The molecule has 0 unspecified atom stereocenters. The van der Waals surface area contributed by atoms with Crippen molar-refractivity contribution in [3.05, 3.63) is 29.8 Å². The molecule has 1 aromatic rings. The number of carboxylic acids is 1. The van der Waals surface area contributed by atoms with Crippen molar-refractivity contribution >= 4 is 5.97 Å². The maximum absolute atomic E-state index is 10.8. The van der Waals surface area contributed by atoms with E-state index >= 15 is 0 Å². The molecule has 2 rings (SSSR count). The highest BCUT2D eigenvalue weighted by Crippen LogP contribution is 2.26. The molecule has 4 nitrogen and oxygen atoms in total. The molecule has 20 heavy (non-hydrogen) atoms. The fraction of sp³-hybridized carbons (Fsp3) is 0.562. The van der Waals surface area contributed by atoms with E-state index in [0.29, 0.717) is 12.4 Å². The van der Waals surface area contributed by atoms with E-state index in [9.17, 15) is 4.79 Å². The smallest absolute Gasteiger partial charge is 0.335 e. The van der Waals surface area contributed by atoms with E-state index in [0.717, 1.165) is 18.9 Å². The van der Waals surface area contributed by atoms with Gasteiger partial charge in [0.05, 0.1) is 12.2 Å². The summed E-state index contributed by atoms with van der Waals surface area (Å²) in [5.74, 6) is 0.607. The van der Waals surface area contributed by atoms with E-state index in [2.05, 4.69) is 11.9 Å². The predicted molar refractivity (Wildman–Crippen MR) is 78.4 cm³/mol. The second-order valence-corrected chi connectivity index (χ2v) is 5.59. The number of ether oxygens (including phenoxy) is 1. The minimum atomic E-state index is -0.921. The first-order valence-electron chi connectivity index (χ1n) is 7.30. The molecule has 0 aliphatic heterocycles. The lowest BCUT2D eigenvalue weighted by atomic mass is 9.85. The normalized spacial score (nSPS) is 15.1. The summed E-state index contributed by atoms with van der Waals surface area (Å²) in [5, 5.41) is 8.90. The fourth-order valence-electron chi connectivity index (χ4n) is 2.45. The van der Waals surface area contributed by atoms with Crippen molar-refractivity contribution < 1.29 is 14.6 Å². The quantitative estimate of drug-likeness (QED) is 0.742. The summed E-state index contributed by atoms with van der Waals surface area (Å²) in [6, 6.07) is 6.65. The number of aromatic carboxylic acids is 1. The van der Waals surface area contributed by atoms with Gasteiger partial charge in [-0.15, -0.1) is 0 Å². The van der Waals surface area contributed by atoms with Crippen LogP contribution in [-0.2, 0) is 0 Å². The third-order valence-corrected chi connectivity index (χ3v) is 3.83. The van der Waals surface area contributed by atoms with Crippen LogP contribution < -0.4 is 4.74 Å². The molecule has 0 bridgehead atoms. The Morgan fingerprint density at radius 1 is 1.45 bits per heavy atom. The number of carboxylic acid groups (broad SMARTS) is 1. The largest absolute Gasteiger partial charge is 0.494 e. The zero-order valence-corrected chi connectivity index (χ0v) is 12.0. The molecule has 1 N–H and O–H groups in total. The maximum Gasteiger partial charge on any atom is 0.335 e. The highest BCUT2D eigenvalue weighted by molar-refractivity contribution is 5.87. The van der Waals surface area contributed by atoms with Crippen molar-refractivity contribution in [2.24, 2.45) is 5.92 Å². The molecule has 0 saturated heterocycles. The summed E-state index contributed by atoms with van der Waals surface area (Å²) >= 11 is 0. The van der Waals surface area contributed by atoms with Crippen molar-refractivity contribution in [1.82, 2.24) is 4.90 Å². The molecule has 0 spiro atoms. The topological polar surface area (TPSA) is 49.8 Å². The molecule has 0 amide bonds. The van der Waals surface area contributed by atoms with Gasteiger partial charge in [-0.25, -0.2) is 4.79 Å². The van der Waals surface area contributed by atoms with Crippen molar-refractivity contribution in [3.8, 4) is 5.75 Å². The average molecular weight is 277 g/mol. The molecular formula is C16H23NO3. The van der Waals surface area contributed by atoms with E-state index in [-0.39, 0.29) is 5.56 Å². The van der Waals surface area contributed by atoms with Gasteiger partial charge in [-0.1, -0.05) is 12.5 Å². The van der Waals surface area contributed by atoms with Crippen LogP contribution in [0.25, 0.3) is 0 Å². The van der Waals surface area contributed by atoms with Crippen LogP contribution in [0.5, 0.6) is 5.75 Å². The number of hydrogen-bond donors (Lipinski definition) is 1. The Morgan fingerprint density at radius 2 is 2.25 bits per heavy atom. The molecule has 0 heterocycles. The second kappa shape index (κ2) is 7.29. The van der Waals surface area contributed by atoms with Crippen LogP contribution in [0, 0.1) is 5.92 Å². The Bertz CT molecular complexity index is 443. The van der Waals surface area contributed by atoms with Crippen molar-refractivity contribution in [2.45, 2.75) is 25.7 Å². The first-order chi connectivity index (χ1) is 9.65. The van der Waals surface area contributed by atoms with E-state index in [4.69, 9.17) is 9.84 Å². The summed E-state index contributed by atoms with van der Waals surface area (Å²) in [7, 11) is 2.16. The van der Waals surface area contributed by atoms with Gasteiger partial charge in [0.1, 0.15) is 5.75 Å². The molecule has 1 aromatic carbocycles. The standard InChI is InChI=1S/C16H23NO3/c1-17(12-13-5-2-6-13)9-4-10-20-15-8-3-7-14(11-15)16(18)19/h3,7-8,11,13H,2,4-6,9-10,12H2,1H3,(H,18,19). The molecule has 1 aliphatic carbocycles. The zero-order valence-electron chi connectivity index (χ0n) is 12.0. The molecule has 1 aliphatic rings. The van der Waals surface area contributed by atoms with Crippen molar-refractivity contribution in [3.63, 3.8) is 0 Å². The maximum atomic E-state index is 10.8. The molecule has 0 atom stereocenters. The third kappa shape index (κ3) is 4.53. The Morgan fingerprint density at radius 3 is 2.90 bits per heavy atom. The molecule has 0 radical (unpaired) electrons.